The molecule has 0 aliphatic carbocycles. The maximum Gasteiger partial charge on any atom is 0.490 e. The van der Waals surface area contributed by atoms with Crippen molar-refractivity contribution in [3.8, 4) is 16.8 Å². The minimum atomic E-state index is -5.08. The van der Waals surface area contributed by atoms with E-state index in [0.29, 0.717) is 34.6 Å². The Morgan fingerprint density at radius 3 is 2.25 bits per heavy atom. The Morgan fingerprint density at radius 2 is 1.62 bits per heavy atom. The number of carboxylic acid groups (broad SMARTS) is 1. The number of para-hydroxylation sites is 2. The number of nitrogens with two attached hydrogens (primary N) is 1. The number of carboxylic acids is 1. The minimum absolute atomic E-state index is 0.00181. The van der Waals surface area contributed by atoms with Gasteiger partial charge in [0.1, 0.15) is 29.2 Å². The standard InChI is InChI=1S/C31H27N7O3.C2HF3O2/c1-31(2,41)17-37-16-23(26-27(32)34-18-35-28(26)37)20-12-13-25(33-15-20)36-29(39)22-14-19-8-6-7-11-24(19)38(30(22)40)21-9-4-3-5-10-21;3-2(4,5)1(6)7/h3-16,18,41H,17H2,1-2H3,(H2,32,34,35)(H,33,36,39);(H,6,7). The molecule has 246 valence electrons. The summed E-state index contributed by atoms with van der Waals surface area (Å²) in [6.45, 7) is 3.73. The molecule has 0 aliphatic heterocycles. The Morgan fingerprint density at radius 1 is 0.958 bits per heavy atom. The Kier molecular flexibility index (Phi) is 8.98. The summed E-state index contributed by atoms with van der Waals surface area (Å²) in [7, 11) is 0. The first kappa shape index (κ1) is 33.3. The molecular weight excluding hydrogens is 631 g/mol. The monoisotopic (exact) mass is 659 g/mol. The second-order valence-electron chi connectivity index (χ2n) is 11.2. The van der Waals surface area contributed by atoms with Crippen LogP contribution >= 0.6 is 0 Å². The molecule has 6 aromatic rings. The van der Waals surface area contributed by atoms with Gasteiger partial charge in [-0.15, -0.1) is 0 Å². The van der Waals surface area contributed by atoms with Gasteiger partial charge in [0.25, 0.3) is 11.5 Å². The van der Waals surface area contributed by atoms with E-state index >= 15 is 0 Å². The summed E-state index contributed by atoms with van der Waals surface area (Å²) in [6.07, 6.45) is -0.240. The molecule has 5 N–H and O–H groups in total. The highest BCUT2D eigenvalue weighted by Crippen LogP contribution is 2.33. The quantitative estimate of drug-likeness (QED) is 0.191. The Labute approximate surface area is 269 Å². The van der Waals surface area contributed by atoms with E-state index in [1.54, 1.807) is 38.2 Å². The predicted octanol–water partition coefficient (Wildman–Crippen LogP) is 5.04. The molecule has 0 saturated heterocycles. The number of aliphatic carboxylic acids is 1. The van der Waals surface area contributed by atoms with Crippen LogP contribution in [0.4, 0.5) is 24.8 Å². The molecule has 6 rings (SSSR count). The average Bonchev–Trinajstić information content (AvgIpc) is 3.39. The average molecular weight is 660 g/mol. The van der Waals surface area contributed by atoms with Gasteiger partial charge in [0.05, 0.1) is 23.0 Å². The molecular formula is C33H28F3N7O5. The number of alkyl halides is 3. The van der Waals surface area contributed by atoms with Crippen molar-refractivity contribution in [2.75, 3.05) is 11.1 Å². The van der Waals surface area contributed by atoms with Crippen LogP contribution in [0.25, 0.3) is 38.8 Å². The zero-order valence-electron chi connectivity index (χ0n) is 25.4. The molecule has 0 unspecified atom stereocenters. The summed E-state index contributed by atoms with van der Waals surface area (Å²) in [5.41, 5.74) is 8.23. The number of pyridine rings is 2. The van der Waals surface area contributed by atoms with Crippen LogP contribution in [0.3, 0.4) is 0 Å². The van der Waals surface area contributed by atoms with Crippen LogP contribution in [0.2, 0.25) is 0 Å². The van der Waals surface area contributed by atoms with Gasteiger partial charge >= 0.3 is 12.1 Å². The molecule has 0 aliphatic rings. The molecule has 0 saturated carbocycles. The Balaban J connectivity index is 0.000000582. The first-order valence-corrected chi connectivity index (χ1v) is 14.2. The number of hydrogen-bond donors (Lipinski definition) is 4. The van der Waals surface area contributed by atoms with Gasteiger partial charge in [-0.1, -0.05) is 36.4 Å². The van der Waals surface area contributed by atoms with Crippen molar-refractivity contribution >= 4 is 45.4 Å². The smallest absolute Gasteiger partial charge is 0.475 e. The maximum atomic E-state index is 13.5. The molecule has 2 aromatic carbocycles. The number of aromatic nitrogens is 5. The summed E-state index contributed by atoms with van der Waals surface area (Å²) < 4.78 is 35.1. The van der Waals surface area contributed by atoms with E-state index < -0.39 is 29.2 Å². The fourth-order valence-corrected chi connectivity index (χ4v) is 4.97. The zero-order valence-corrected chi connectivity index (χ0v) is 25.4. The molecule has 0 fully saturated rings. The van der Waals surface area contributed by atoms with Crippen molar-refractivity contribution in [1.29, 1.82) is 0 Å². The first-order valence-electron chi connectivity index (χ1n) is 14.2. The number of fused-ring (bicyclic) bond motifs is 2. The van der Waals surface area contributed by atoms with Gasteiger partial charge in [0.15, 0.2) is 0 Å². The number of rotatable bonds is 6. The lowest BCUT2D eigenvalue weighted by molar-refractivity contribution is -0.192. The van der Waals surface area contributed by atoms with Crippen LogP contribution in [-0.2, 0) is 11.3 Å². The molecule has 12 nitrogen and oxygen atoms in total. The lowest BCUT2D eigenvalue weighted by atomic mass is 10.1. The number of nitrogens with zero attached hydrogens (tertiary/aromatic N) is 5. The van der Waals surface area contributed by atoms with E-state index in [-0.39, 0.29) is 11.4 Å². The van der Waals surface area contributed by atoms with Crippen molar-refractivity contribution in [2.45, 2.75) is 32.2 Å². The second-order valence-corrected chi connectivity index (χ2v) is 11.2. The van der Waals surface area contributed by atoms with Gasteiger partial charge in [-0.25, -0.2) is 19.7 Å². The van der Waals surface area contributed by atoms with Crippen molar-refractivity contribution in [3.63, 3.8) is 0 Å². The summed E-state index contributed by atoms with van der Waals surface area (Å²) in [5.74, 6) is -2.73. The number of carbonyl (C=O) groups excluding carboxylic acids is 1. The molecule has 0 bridgehead atoms. The maximum absolute atomic E-state index is 13.5. The molecule has 4 aromatic heterocycles. The zero-order chi connectivity index (χ0) is 34.8. The third-order valence-corrected chi connectivity index (χ3v) is 6.97. The van der Waals surface area contributed by atoms with Gasteiger partial charge in [0, 0.05) is 29.2 Å². The summed E-state index contributed by atoms with van der Waals surface area (Å²) >= 11 is 0. The van der Waals surface area contributed by atoms with Crippen LogP contribution in [-0.4, -0.2) is 58.0 Å². The van der Waals surface area contributed by atoms with Crippen LogP contribution in [0, 0.1) is 0 Å². The number of aliphatic hydroxyl groups is 1. The molecule has 15 heteroatoms. The van der Waals surface area contributed by atoms with Crippen molar-refractivity contribution in [3.05, 3.63) is 107 Å². The molecule has 48 heavy (non-hydrogen) atoms. The number of carbonyl (C=O) groups is 2. The van der Waals surface area contributed by atoms with E-state index in [1.165, 1.54) is 10.9 Å². The molecule has 0 radical (unpaired) electrons. The van der Waals surface area contributed by atoms with E-state index in [0.717, 1.165) is 16.5 Å². The van der Waals surface area contributed by atoms with Crippen LogP contribution < -0.4 is 16.6 Å². The second kappa shape index (κ2) is 13.0. The van der Waals surface area contributed by atoms with Crippen molar-refractivity contribution < 1.29 is 33.0 Å². The largest absolute Gasteiger partial charge is 0.490 e. The van der Waals surface area contributed by atoms with Gasteiger partial charge < -0.3 is 25.8 Å². The van der Waals surface area contributed by atoms with Crippen LogP contribution in [0.5, 0.6) is 0 Å². The number of anilines is 2. The number of halogens is 3. The lowest BCUT2D eigenvalue weighted by Gasteiger charge is -2.18. The van der Waals surface area contributed by atoms with E-state index in [4.69, 9.17) is 15.6 Å². The molecule has 1 amide bonds. The van der Waals surface area contributed by atoms with Gasteiger partial charge in [-0.3, -0.25) is 14.2 Å². The molecule has 4 heterocycles. The minimum Gasteiger partial charge on any atom is -0.475 e. The van der Waals surface area contributed by atoms with Gasteiger partial charge in [-0.05, 0) is 55.6 Å². The predicted molar refractivity (Wildman–Crippen MR) is 173 cm³/mol. The normalized spacial score (nSPS) is 11.6. The number of nitrogen functional groups attached to an aromatic ring is 1. The summed E-state index contributed by atoms with van der Waals surface area (Å²) in [6, 6.07) is 21.7. The van der Waals surface area contributed by atoms with Crippen LogP contribution in [0.1, 0.15) is 24.2 Å². The SMILES string of the molecule is CC(C)(O)Cn1cc(-c2ccc(NC(=O)c3cc4ccccc4n(-c4ccccc4)c3=O)nc2)c2c(N)ncnc21.O=C(O)C(F)(F)F. The third kappa shape index (κ3) is 7.15. The topological polar surface area (TPSA) is 178 Å². The highest BCUT2D eigenvalue weighted by atomic mass is 19.4. The lowest BCUT2D eigenvalue weighted by Crippen LogP contribution is -2.28. The van der Waals surface area contributed by atoms with Crippen molar-refractivity contribution in [2.24, 2.45) is 0 Å². The van der Waals surface area contributed by atoms with Gasteiger partial charge in [0.2, 0.25) is 0 Å². The fourth-order valence-electron chi connectivity index (χ4n) is 4.97. The summed E-state index contributed by atoms with van der Waals surface area (Å²) in [4.78, 5) is 48.7. The highest BCUT2D eigenvalue weighted by Gasteiger charge is 2.38. The first-order chi connectivity index (χ1) is 22.6. The van der Waals surface area contributed by atoms with E-state index in [2.05, 4.69) is 20.3 Å². The number of nitrogens with one attached hydrogen (secondary N) is 1. The molecule has 0 spiro atoms. The Hall–Kier alpha value is -6.09. The van der Waals surface area contributed by atoms with Gasteiger partial charge in [-0.2, -0.15) is 13.2 Å². The van der Waals surface area contributed by atoms with E-state index in [1.807, 2.05) is 65.4 Å². The summed E-state index contributed by atoms with van der Waals surface area (Å²) in [5, 5.41) is 21.7. The number of amides is 1. The van der Waals surface area contributed by atoms with E-state index in [9.17, 15) is 27.9 Å². The number of hydrogen-bond acceptors (Lipinski definition) is 8. The highest BCUT2D eigenvalue weighted by molar-refractivity contribution is 6.06. The van der Waals surface area contributed by atoms with Crippen molar-refractivity contribution in [1.82, 2.24) is 24.1 Å². The van der Waals surface area contributed by atoms with Crippen LogP contribution in [0.15, 0.2) is 96.3 Å². The fraction of sp³-hybridized carbons (Fsp3) is 0.152. The third-order valence-electron chi connectivity index (χ3n) is 6.97. The number of benzene rings is 2. The Bertz CT molecular complexity index is 2190. The molecule has 0 atom stereocenters.